The fourth-order valence-corrected chi connectivity index (χ4v) is 2.39. The normalized spacial score (nSPS) is 13.0. The maximum absolute atomic E-state index is 5.79. The molecule has 0 saturated carbocycles. The van der Waals surface area contributed by atoms with Crippen LogP contribution in [0, 0.1) is 32.6 Å². The molecule has 0 radical (unpaired) electrons. The average molecular weight is 262 g/mol. The highest BCUT2D eigenvalue weighted by atomic mass is 14.9. The van der Waals surface area contributed by atoms with Crippen molar-refractivity contribution in [3.05, 3.63) is 34.4 Å². The molecule has 0 aromatic heterocycles. The number of rotatable bonds is 7. The van der Waals surface area contributed by atoms with Gasteiger partial charge in [-0.2, -0.15) is 0 Å². The molecule has 0 aliphatic carbocycles. The second-order valence-corrected chi connectivity index (χ2v) is 6.06. The molecule has 1 rings (SSSR count). The molecular weight excluding hydrogens is 232 g/mol. The van der Waals surface area contributed by atoms with Crippen molar-refractivity contribution in [2.24, 2.45) is 17.6 Å². The fourth-order valence-electron chi connectivity index (χ4n) is 2.39. The highest BCUT2D eigenvalue weighted by Gasteiger charge is 2.10. The third-order valence-corrected chi connectivity index (χ3v) is 4.18. The number of aryl methyl sites for hydroxylation is 3. The van der Waals surface area contributed by atoms with Gasteiger partial charge in [0.05, 0.1) is 0 Å². The van der Waals surface area contributed by atoms with Gasteiger partial charge < -0.3 is 11.1 Å². The van der Waals surface area contributed by atoms with Crippen molar-refractivity contribution in [1.82, 2.24) is 5.32 Å². The summed E-state index contributed by atoms with van der Waals surface area (Å²) in [7, 11) is 0. The Bertz CT molecular complexity index is 396. The molecule has 108 valence electrons. The lowest BCUT2D eigenvalue weighted by molar-refractivity contribution is 0.372. The Hall–Kier alpha value is -0.860. The Morgan fingerprint density at radius 3 is 2.26 bits per heavy atom. The zero-order valence-corrected chi connectivity index (χ0v) is 13.2. The first-order chi connectivity index (χ1) is 8.95. The van der Waals surface area contributed by atoms with Gasteiger partial charge in [0.2, 0.25) is 0 Å². The lowest BCUT2D eigenvalue weighted by Gasteiger charge is -2.19. The van der Waals surface area contributed by atoms with E-state index in [9.17, 15) is 0 Å². The highest BCUT2D eigenvalue weighted by molar-refractivity contribution is 5.36. The molecule has 0 fully saturated rings. The molecule has 2 nitrogen and oxygen atoms in total. The molecule has 0 aliphatic rings. The van der Waals surface area contributed by atoms with E-state index in [2.05, 4.69) is 52.1 Å². The maximum atomic E-state index is 5.79. The number of hydrogen-bond acceptors (Lipinski definition) is 2. The third-order valence-electron chi connectivity index (χ3n) is 4.18. The Balaban J connectivity index is 2.43. The molecule has 0 amide bonds. The van der Waals surface area contributed by atoms with E-state index in [4.69, 9.17) is 5.73 Å². The van der Waals surface area contributed by atoms with E-state index in [1.54, 1.807) is 0 Å². The number of benzene rings is 1. The van der Waals surface area contributed by atoms with Gasteiger partial charge in [-0.25, -0.2) is 0 Å². The van der Waals surface area contributed by atoms with Gasteiger partial charge >= 0.3 is 0 Å². The largest absolute Gasteiger partial charge is 0.330 e. The van der Waals surface area contributed by atoms with Crippen LogP contribution in [0.2, 0.25) is 0 Å². The lowest BCUT2D eigenvalue weighted by atomic mass is 9.95. The van der Waals surface area contributed by atoms with Gasteiger partial charge in [0, 0.05) is 0 Å². The maximum Gasteiger partial charge on any atom is -0.000588 e. The van der Waals surface area contributed by atoms with E-state index in [1.807, 2.05) is 0 Å². The quantitative estimate of drug-likeness (QED) is 0.741. The molecule has 3 N–H and O–H groups in total. The molecule has 0 saturated heterocycles. The van der Waals surface area contributed by atoms with Crippen LogP contribution in [0.3, 0.4) is 0 Å². The molecule has 1 aromatic rings. The van der Waals surface area contributed by atoms with Gasteiger partial charge in [0.25, 0.3) is 0 Å². The first kappa shape index (κ1) is 16.2. The monoisotopic (exact) mass is 262 g/mol. The Morgan fingerprint density at radius 2 is 1.68 bits per heavy atom. The lowest BCUT2D eigenvalue weighted by Crippen LogP contribution is -2.32. The molecule has 2 heteroatoms. The van der Waals surface area contributed by atoms with Crippen LogP contribution < -0.4 is 11.1 Å². The van der Waals surface area contributed by atoms with E-state index in [0.29, 0.717) is 11.8 Å². The SMILES string of the molecule is Cc1cc(C)c(CCNCC(CN)C(C)C)cc1C. The van der Waals surface area contributed by atoms with E-state index >= 15 is 0 Å². The summed E-state index contributed by atoms with van der Waals surface area (Å²) in [6, 6.07) is 4.62. The molecule has 1 atom stereocenters. The van der Waals surface area contributed by atoms with E-state index in [1.165, 1.54) is 22.3 Å². The summed E-state index contributed by atoms with van der Waals surface area (Å²) in [6.07, 6.45) is 1.10. The van der Waals surface area contributed by atoms with Crippen LogP contribution in [-0.4, -0.2) is 19.6 Å². The summed E-state index contributed by atoms with van der Waals surface area (Å²) >= 11 is 0. The summed E-state index contributed by atoms with van der Waals surface area (Å²) in [4.78, 5) is 0. The van der Waals surface area contributed by atoms with Crippen molar-refractivity contribution in [2.45, 2.75) is 41.0 Å². The summed E-state index contributed by atoms with van der Waals surface area (Å²) in [5.74, 6) is 1.24. The highest BCUT2D eigenvalue weighted by Crippen LogP contribution is 2.15. The van der Waals surface area contributed by atoms with Crippen molar-refractivity contribution >= 4 is 0 Å². The van der Waals surface area contributed by atoms with Crippen LogP contribution in [0.5, 0.6) is 0 Å². The molecule has 0 spiro atoms. The van der Waals surface area contributed by atoms with E-state index in [0.717, 1.165) is 26.1 Å². The topological polar surface area (TPSA) is 38.0 Å². The number of hydrogen-bond donors (Lipinski definition) is 2. The van der Waals surface area contributed by atoms with Crippen LogP contribution in [0.4, 0.5) is 0 Å². The summed E-state index contributed by atoms with van der Waals surface area (Å²) in [5, 5.41) is 3.55. The summed E-state index contributed by atoms with van der Waals surface area (Å²) < 4.78 is 0. The summed E-state index contributed by atoms with van der Waals surface area (Å²) in [6.45, 7) is 13.9. The smallest absolute Gasteiger partial charge is 0.000588 e. The van der Waals surface area contributed by atoms with Gasteiger partial charge in [-0.05, 0) is 80.9 Å². The van der Waals surface area contributed by atoms with E-state index < -0.39 is 0 Å². The predicted molar refractivity (Wildman–Crippen MR) is 84.6 cm³/mol. The molecule has 0 heterocycles. The zero-order valence-electron chi connectivity index (χ0n) is 13.2. The first-order valence-electron chi connectivity index (χ1n) is 7.43. The molecule has 1 unspecified atom stereocenters. The first-order valence-corrected chi connectivity index (χ1v) is 7.43. The number of nitrogens with one attached hydrogen (secondary N) is 1. The van der Waals surface area contributed by atoms with Gasteiger partial charge in [0.15, 0.2) is 0 Å². The predicted octanol–water partition coefficient (Wildman–Crippen LogP) is 2.97. The van der Waals surface area contributed by atoms with Gasteiger partial charge in [0.1, 0.15) is 0 Å². The van der Waals surface area contributed by atoms with E-state index in [-0.39, 0.29) is 0 Å². The van der Waals surface area contributed by atoms with Crippen molar-refractivity contribution in [2.75, 3.05) is 19.6 Å². The van der Waals surface area contributed by atoms with Gasteiger partial charge in [-0.1, -0.05) is 26.0 Å². The summed E-state index contributed by atoms with van der Waals surface area (Å²) in [5.41, 5.74) is 11.4. The third kappa shape index (κ3) is 4.96. The van der Waals surface area contributed by atoms with Crippen molar-refractivity contribution in [1.29, 1.82) is 0 Å². The Kier molecular flexibility index (Phi) is 6.53. The fraction of sp³-hybridized carbons (Fsp3) is 0.647. The van der Waals surface area contributed by atoms with Crippen LogP contribution in [-0.2, 0) is 6.42 Å². The number of nitrogens with two attached hydrogens (primary N) is 1. The van der Waals surface area contributed by atoms with Crippen LogP contribution in [0.25, 0.3) is 0 Å². The standard InChI is InChI=1S/C17H30N2/c1-12(2)17(10-18)11-19-7-6-16-9-14(4)13(3)8-15(16)5/h8-9,12,17,19H,6-7,10-11,18H2,1-5H3. The second kappa shape index (κ2) is 7.66. The van der Waals surface area contributed by atoms with Crippen LogP contribution >= 0.6 is 0 Å². The molecule has 0 aliphatic heterocycles. The van der Waals surface area contributed by atoms with Crippen LogP contribution in [0.15, 0.2) is 12.1 Å². The van der Waals surface area contributed by atoms with Gasteiger partial charge in [-0.3, -0.25) is 0 Å². The van der Waals surface area contributed by atoms with Crippen molar-refractivity contribution in [3.8, 4) is 0 Å². The molecule has 1 aromatic carbocycles. The molecule has 0 bridgehead atoms. The minimum Gasteiger partial charge on any atom is -0.330 e. The minimum absolute atomic E-state index is 0.584. The van der Waals surface area contributed by atoms with Gasteiger partial charge in [-0.15, -0.1) is 0 Å². The average Bonchev–Trinajstić information content (AvgIpc) is 2.34. The minimum atomic E-state index is 0.584. The molecular formula is C17H30N2. The zero-order chi connectivity index (χ0) is 14.4. The molecule has 19 heavy (non-hydrogen) atoms. The second-order valence-electron chi connectivity index (χ2n) is 6.06. The van der Waals surface area contributed by atoms with Crippen LogP contribution in [0.1, 0.15) is 36.1 Å². The Morgan fingerprint density at radius 1 is 1.05 bits per heavy atom. The van der Waals surface area contributed by atoms with Crippen molar-refractivity contribution < 1.29 is 0 Å². The van der Waals surface area contributed by atoms with Crippen molar-refractivity contribution in [3.63, 3.8) is 0 Å². The Labute approximate surface area is 118 Å².